The zero-order chi connectivity index (χ0) is 19.3. The van der Waals surface area contributed by atoms with Crippen molar-refractivity contribution in [3.8, 4) is 17.2 Å². The number of benzene rings is 2. The first kappa shape index (κ1) is 19.0. The number of hydrogen-bond acceptors (Lipinski definition) is 5. The molecule has 1 N–H and O–H groups in total. The lowest BCUT2D eigenvalue weighted by molar-refractivity contribution is -0.125. The van der Waals surface area contributed by atoms with Crippen LogP contribution >= 0.6 is 0 Å². The predicted octanol–water partition coefficient (Wildman–Crippen LogP) is 3.40. The van der Waals surface area contributed by atoms with Crippen LogP contribution in [0.2, 0.25) is 0 Å². The fraction of sp³-hybridized carbons (Fsp3) is 0.381. The van der Waals surface area contributed by atoms with Gasteiger partial charge in [-0.2, -0.15) is 0 Å². The molecular weight excluding hydrogens is 346 g/mol. The lowest BCUT2D eigenvalue weighted by atomic mass is 9.73. The molecule has 1 amide bonds. The lowest BCUT2D eigenvalue weighted by Crippen LogP contribution is -2.44. The Morgan fingerprint density at radius 3 is 2.15 bits per heavy atom. The number of anilines is 1. The molecule has 1 fully saturated rings. The van der Waals surface area contributed by atoms with Crippen LogP contribution in [-0.4, -0.2) is 40.5 Å². The Hall–Kier alpha value is -2.73. The van der Waals surface area contributed by atoms with Crippen molar-refractivity contribution in [2.24, 2.45) is 0 Å². The highest BCUT2D eigenvalue weighted by Crippen LogP contribution is 2.38. The van der Waals surface area contributed by atoms with Crippen molar-refractivity contribution in [2.45, 2.75) is 18.3 Å². The summed E-state index contributed by atoms with van der Waals surface area (Å²) in [6, 6.07) is 13.0. The molecule has 144 valence electrons. The smallest absolute Gasteiger partial charge is 0.235 e. The van der Waals surface area contributed by atoms with Crippen molar-refractivity contribution in [2.75, 3.05) is 39.9 Å². The molecule has 1 heterocycles. The maximum atomic E-state index is 13.4. The van der Waals surface area contributed by atoms with Gasteiger partial charge in [-0.15, -0.1) is 0 Å². The molecule has 0 bridgehead atoms. The Balaban J connectivity index is 1.92. The Morgan fingerprint density at radius 2 is 1.56 bits per heavy atom. The van der Waals surface area contributed by atoms with E-state index >= 15 is 0 Å². The largest absolute Gasteiger partial charge is 0.497 e. The summed E-state index contributed by atoms with van der Waals surface area (Å²) in [6.45, 7) is 1.08. The summed E-state index contributed by atoms with van der Waals surface area (Å²) in [5.74, 6) is 1.91. The van der Waals surface area contributed by atoms with Crippen molar-refractivity contribution in [1.29, 1.82) is 0 Å². The van der Waals surface area contributed by atoms with E-state index in [2.05, 4.69) is 5.32 Å². The zero-order valence-electron chi connectivity index (χ0n) is 15.9. The molecule has 3 rings (SSSR count). The summed E-state index contributed by atoms with van der Waals surface area (Å²) in [7, 11) is 4.79. The molecule has 2 aromatic rings. The van der Waals surface area contributed by atoms with Crippen LogP contribution in [0.5, 0.6) is 17.2 Å². The molecule has 2 aromatic carbocycles. The van der Waals surface area contributed by atoms with E-state index in [9.17, 15) is 4.79 Å². The highest BCUT2D eigenvalue weighted by atomic mass is 16.5. The molecule has 0 unspecified atom stereocenters. The van der Waals surface area contributed by atoms with Crippen LogP contribution in [0.1, 0.15) is 18.4 Å². The van der Waals surface area contributed by atoms with Gasteiger partial charge in [0.15, 0.2) is 0 Å². The molecule has 1 aliphatic heterocycles. The second-order valence-corrected chi connectivity index (χ2v) is 6.44. The Kier molecular flexibility index (Phi) is 5.86. The van der Waals surface area contributed by atoms with E-state index in [1.165, 1.54) is 0 Å². The van der Waals surface area contributed by atoms with E-state index < -0.39 is 5.41 Å². The SMILES string of the molecule is COc1ccc(C2(C(=O)Nc3ccc(OC)cc3OC)CCOCC2)cc1. The number of nitrogens with one attached hydrogen (secondary N) is 1. The number of hydrogen-bond donors (Lipinski definition) is 1. The van der Waals surface area contributed by atoms with Crippen LogP contribution in [0.25, 0.3) is 0 Å². The highest BCUT2D eigenvalue weighted by Gasteiger charge is 2.42. The molecule has 0 spiro atoms. The van der Waals surface area contributed by atoms with Gasteiger partial charge in [0.2, 0.25) is 5.91 Å². The first-order valence-electron chi connectivity index (χ1n) is 8.89. The minimum Gasteiger partial charge on any atom is -0.497 e. The third kappa shape index (κ3) is 3.85. The molecule has 1 saturated heterocycles. The van der Waals surface area contributed by atoms with Crippen molar-refractivity contribution < 1.29 is 23.7 Å². The highest BCUT2D eigenvalue weighted by molar-refractivity contribution is 6.00. The van der Waals surface area contributed by atoms with Crippen molar-refractivity contribution >= 4 is 11.6 Å². The lowest BCUT2D eigenvalue weighted by Gasteiger charge is -2.36. The van der Waals surface area contributed by atoms with Crippen LogP contribution < -0.4 is 19.5 Å². The van der Waals surface area contributed by atoms with E-state index in [0.29, 0.717) is 43.2 Å². The number of rotatable bonds is 6. The molecule has 27 heavy (non-hydrogen) atoms. The summed E-state index contributed by atoms with van der Waals surface area (Å²) in [6.07, 6.45) is 1.23. The van der Waals surface area contributed by atoms with Crippen LogP contribution in [0.15, 0.2) is 42.5 Å². The van der Waals surface area contributed by atoms with E-state index in [-0.39, 0.29) is 5.91 Å². The van der Waals surface area contributed by atoms with Gasteiger partial charge in [0.05, 0.1) is 32.4 Å². The molecule has 0 saturated carbocycles. The van der Waals surface area contributed by atoms with Gasteiger partial charge in [0.1, 0.15) is 17.2 Å². The maximum Gasteiger partial charge on any atom is 0.235 e. The minimum absolute atomic E-state index is 0.0700. The molecule has 6 nitrogen and oxygen atoms in total. The summed E-state index contributed by atoms with van der Waals surface area (Å²) >= 11 is 0. The fourth-order valence-corrected chi connectivity index (χ4v) is 3.42. The Labute approximate surface area is 159 Å². The Morgan fingerprint density at radius 1 is 0.926 bits per heavy atom. The van der Waals surface area contributed by atoms with E-state index in [1.54, 1.807) is 39.5 Å². The third-order valence-corrected chi connectivity index (χ3v) is 5.08. The average molecular weight is 371 g/mol. The zero-order valence-corrected chi connectivity index (χ0v) is 15.9. The second kappa shape index (κ2) is 8.31. The van der Waals surface area contributed by atoms with Crippen LogP contribution in [0, 0.1) is 0 Å². The van der Waals surface area contributed by atoms with E-state index in [1.807, 2.05) is 24.3 Å². The predicted molar refractivity (Wildman–Crippen MR) is 103 cm³/mol. The van der Waals surface area contributed by atoms with Gasteiger partial charge in [0, 0.05) is 19.3 Å². The fourth-order valence-electron chi connectivity index (χ4n) is 3.42. The van der Waals surface area contributed by atoms with Crippen LogP contribution in [-0.2, 0) is 14.9 Å². The van der Waals surface area contributed by atoms with Crippen LogP contribution in [0.3, 0.4) is 0 Å². The quantitative estimate of drug-likeness (QED) is 0.843. The first-order chi connectivity index (χ1) is 13.1. The van der Waals surface area contributed by atoms with Crippen LogP contribution in [0.4, 0.5) is 5.69 Å². The number of amides is 1. The molecule has 1 aliphatic rings. The van der Waals surface area contributed by atoms with Crippen molar-refractivity contribution in [3.05, 3.63) is 48.0 Å². The average Bonchev–Trinajstić information content (AvgIpc) is 2.74. The molecule has 6 heteroatoms. The molecule has 0 aliphatic carbocycles. The molecular formula is C21H25NO5. The van der Waals surface area contributed by atoms with E-state index in [4.69, 9.17) is 18.9 Å². The third-order valence-electron chi connectivity index (χ3n) is 5.08. The number of methoxy groups -OCH3 is 3. The second-order valence-electron chi connectivity index (χ2n) is 6.44. The summed E-state index contributed by atoms with van der Waals surface area (Å²) in [5.41, 5.74) is 0.911. The topological polar surface area (TPSA) is 66.0 Å². The van der Waals surface area contributed by atoms with Gasteiger partial charge in [-0.25, -0.2) is 0 Å². The van der Waals surface area contributed by atoms with Gasteiger partial charge < -0.3 is 24.3 Å². The van der Waals surface area contributed by atoms with Crippen molar-refractivity contribution in [3.63, 3.8) is 0 Å². The van der Waals surface area contributed by atoms with Gasteiger partial charge in [-0.05, 0) is 42.7 Å². The Bertz CT molecular complexity index is 782. The van der Waals surface area contributed by atoms with Gasteiger partial charge >= 0.3 is 0 Å². The molecule has 0 aromatic heterocycles. The van der Waals surface area contributed by atoms with Gasteiger partial charge in [-0.1, -0.05) is 12.1 Å². The molecule has 0 radical (unpaired) electrons. The summed E-state index contributed by atoms with van der Waals surface area (Å²) in [4.78, 5) is 13.4. The van der Waals surface area contributed by atoms with Crippen molar-refractivity contribution in [1.82, 2.24) is 0 Å². The van der Waals surface area contributed by atoms with Gasteiger partial charge in [0.25, 0.3) is 0 Å². The minimum atomic E-state index is -0.657. The standard InChI is InChI=1S/C21H25NO5/c1-24-16-6-4-15(5-7-16)21(10-12-27-13-11-21)20(23)22-18-9-8-17(25-2)14-19(18)26-3/h4-9,14H,10-13H2,1-3H3,(H,22,23). The maximum absolute atomic E-state index is 13.4. The number of carbonyl (C=O) groups is 1. The number of ether oxygens (including phenoxy) is 4. The van der Waals surface area contributed by atoms with Gasteiger partial charge in [-0.3, -0.25) is 4.79 Å². The number of carbonyl (C=O) groups excluding carboxylic acids is 1. The molecule has 0 atom stereocenters. The summed E-state index contributed by atoms with van der Waals surface area (Å²) in [5, 5.41) is 3.04. The normalized spacial score (nSPS) is 15.7. The first-order valence-corrected chi connectivity index (χ1v) is 8.89. The van der Waals surface area contributed by atoms with E-state index in [0.717, 1.165) is 11.3 Å². The summed E-state index contributed by atoms with van der Waals surface area (Å²) < 4.78 is 21.4. The monoisotopic (exact) mass is 371 g/mol.